The molecule has 2 amide bonds. The van der Waals surface area contributed by atoms with Gasteiger partial charge >= 0.3 is 0 Å². The molecule has 0 fully saturated rings. The van der Waals surface area contributed by atoms with E-state index in [1.807, 2.05) is 31.2 Å². The van der Waals surface area contributed by atoms with E-state index in [1.165, 1.54) is 4.90 Å². The molecule has 0 heterocycles. The molecule has 0 aliphatic heterocycles. The molecule has 2 rings (SSSR count). The number of amides is 2. The normalized spacial score (nSPS) is 11.3. The number of carbonyl (C=O) groups excluding carboxylic acids is 2. The molecular formula is C22H28N2O5. The predicted molar refractivity (Wildman–Crippen MR) is 110 cm³/mol. The Kier molecular flexibility index (Phi) is 7.88. The summed E-state index contributed by atoms with van der Waals surface area (Å²) in [6.45, 7) is 3.77. The van der Waals surface area contributed by atoms with E-state index in [0.29, 0.717) is 23.8 Å². The second-order valence-electron chi connectivity index (χ2n) is 6.64. The van der Waals surface area contributed by atoms with Crippen molar-refractivity contribution in [2.75, 3.05) is 27.9 Å². The number of hydrogen-bond donors (Lipinski definition) is 1. The van der Waals surface area contributed by atoms with Crippen molar-refractivity contribution >= 4 is 11.8 Å². The fourth-order valence-corrected chi connectivity index (χ4v) is 2.89. The van der Waals surface area contributed by atoms with E-state index in [0.717, 1.165) is 11.1 Å². The van der Waals surface area contributed by atoms with Crippen molar-refractivity contribution in [2.24, 2.45) is 0 Å². The smallest absolute Gasteiger partial charge is 0.261 e. The van der Waals surface area contributed by atoms with Crippen molar-refractivity contribution in [1.82, 2.24) is 10.2 Å². The molecule has 0 saturated carbocycles. The quantitative estimate of drug-likeness (QED) is 0.700. The molecule has 2 aromatic carbocycles. The van der Waals surface area contributed by atoms with Crippen molar-refractivity contribution in [3.8, 4) is 17.2 Å². The zero-order valence-corrected chi connectivity index (χ0v) is 17.5. The summed E-state index contributed by atoms with van der Waals surface area (Å²) in [6, 6.07) is 12.2. The molecule has 0 radical (unpaired) electrons. The summed E-state index contributed by atoms with van der Waals surface area (Å²) in [5, 5.41) is 2.59. The Hall–Kier alpha value is -3.22. The number of methoxy groups -OCH3 is 2. The summed E-state index contributed by atoms with van der Waals surface area (Å²) < 4.78 is 16.1. The van der Waals surface area contributed by atoms with Crippen molar-refractivity contribution in [1.29, 1.82) is 0 Å². The van der Waals surface area contributed by atoms with Gasteiger partial charge in [0.2, 0.25) is 5.91 Å². The van der Waals surface area contributed by atoms with E-state index >= 15 is 0 Å². The highest BCUT2D eigenvalue weighted by atomic mass is 16.5. The van der Waals surface area contributed by atoms with Crippen LogP contribution in [0.15, 0.2) is 42.5 Å². The number of nitrogens with zero attached hydrogens (tertiary/aromatic N) is 1. The van der Waals surface area contributed by atoms with Crippen LogP contribution in [0.3, 0.4) is 0 Å². The van der Waals surface area contributed by atoms with Crippen LogP contribution in [0.4, 0.5) is 0 Å². The first-order chi connectivity index (χ1) is 13.9. The standard InChI is InChI=1S/C22H28N2O5/c1-15-7-6-8-17(9-15)13-24(16(2)22(26)23-3)21(25)14-29-20-11-18(27-4)10-19(12-20)28-5/h6-12,16H,13-14H2,1-5H3,(H,23,26). The maximum atomic E-state index is 12.9. The topological polar surface area (TPSA) is 77.1 Å². The monoisotopic (exact) mass is 400 g/mol. The third kappa shape index (κ3) is 6.14. The molecule has 0 aromatic heterocycles. The zero-order valence-electron chi connectivity index (χ0n) is 17.5. The van der Waals surface area contributed by atoms with Gasteiger partial charge < -0.3 is 24.4 Å². The van der Waals surface area contributed by atoms with Crippen molar-refractivity contribution in [2.45, 2.75) is 26.4 Å². The Morgan fingerprint density at radius 2 is 1.66 bits per heavy atom. The number of benzene rings is 2. The minimum absolute atomic E-state index is 0.219. The van der Waals surface area contributed by atoms with Crippen LogP contribution in [0.1, 0.15) is 18.1 Å². The van der Waals surface area contributed by atoms with Crippen LogP contribution in [-0.2, 0) is 16.1 Å². The molecule has 1 unspecified atom stereocenters. The van der Waals surface area contributed by atoms with Gasteiger partial charge in [0.1, 0.15) is 23.3 Å². The van der Waals surface area contributed by atoms with Crippen LogP contribution < -0.4 is 19.5 Å². The third-order valence-corrected chi connectivity index (χ3v) is 4.54. The van der Waals surface area contributed by atoms with Crippen LogP contribution in [0.25, 0.3) is 0 Å². The Bertz CT molecular complexity index is 831. The number of nitrogens with one attached hydrogen (secondary N) is 1. The second-order valence-corrected chi connectivity index (χ2v) is 6.64. The van der Waals surface area contributed by atoms with Gasteiger partial charge in [-0.25, -0.2) is 0 Å². The van der Waals surface area contributed by atoms with Crippen LogP contribution >= 0.6 is 0 Å². The Balaban J connectivity index is 2.17. The average Bonchev–Trinajstić information content (AvgIpc) is 2.74. The summed E-state index contributed by atoms with van der Waals surface area (Å²) in [4.78, 5) is 26.6. The van der Waals surface area contributed by atoms with Gasteiger partial charge in [0, 0.05) is 31.8 Å². The highest BCUT2D eigenvalue weighted by Crippen LogP contribution is 2.27. The number of aryl methyl sites for hydroxylation is 1. The Morgan fingerprint density at radius 1 is 1.03 bits per heavy atom. The largest absolute Gasteiger partial charge is 0.496 e. The first-order valence-electron chi connectivity index (χ1n) is 9.30. The summed E-state index contributed by atoms with van der Waals surface area (Å²) in [6.07, 6.45) is 0. The maximum absolute atomic E-state index is 12.9. The molecule has 0 spiro atoms. The SMILES string of the molecule is CNC(=O)C(C)N(Cc1cccc(C)c1)C(=O)COc1cc(OC)cc(OC)c1. The van der Waals surface area contributed by atoms with E-state index in [1.54, 1.807) is 46.4 Å². The minimum atomic E-state index is -0.642. The molecule has 0 aliphatic rings. The Labute approximate surface area is 171 Å². The molecule has 29 heavy (non-hydrogen) atoms. The minimum Gasteiger partial charge on any atom is -0.496 e. The molecule has 2 aromatic rings. The number of hydrogen-bond acceptors (Lipinski definition) is 5. The summed E-state index contributed by atoms with van der Waals surface area (Å²) in [5.41, 5.74) is 2.03. The first-order valence-corrected chi connectivity index (χ1v) is 9.30. The fraction of sp³-hybridized carbons (Fsp3) is 0.364. The lowest BCUT2D eigenvalue weighted by Crippen LogP contribution is -2.48. The van der Waals surface area contributed by atoms with Gasteiger partial charge in [-0.15, -0.1) is 0 Å². The molecule has 7 nitrogen and oxygen atoms in total. The molecule has 7 heteroatoms. The van der Waals surface area contributed by atoms with Crippen molar-refractivity contribution in [3.63, 3.8) is 0 Å². The molecule has 1 atom stereocenters. The van der Waals surface area contributed by atoms with Crippen LogP contribution in [0.5, 0.6) is 17.2 Å². The van der Waals surface area contributed by atoms with Gasteiger partial charge in [-0.2, -0.15) is 0 Å². The van der Waals surface area contributed by atoms with Gasteiger partial charge in [-0.05, 0) is 19.4 Å². The van der Waals surface area contributed by atoms with Crippen LogP contribution in [0.2, 0.25) is 0 Å². The number of carbonyl (C=O) groups is 2. The zero-order chi connectivity index (χ0) is 21.4. The van der Waals surface area contributed by atoms with E-state index in [2.05, 4.69) is 5.32 Å². The third-order valence-electron chi connectivity index (χ3n) is 4.54. The number of likely N-dealkylation sites (N-methyl/N-ethyl adjacent to an activating group) is 1. The summed E-state index contributed by atoms with van der Waals surface area (Å²) in [7, 11) is 4.63. The molecule has 1 N–H and O–H groups in total. The van der Waals surface area contributed by atoms with Gasteiger partial charge in [-0.1, -0.05) is 29.8 Å². The van der Waals surface area contributed by atoms with E-state index in [4.69, 9.17) is 14.2 Å². The molecule has 0 bridgehead atoms. The highest BCUT2D eigenvalue weighted by molar-refractivity contribution is 5.87. The van der Waals surface area contributed by atoms with Gasteiger partial charge in [0.25, 0.3) is 5.91 Å². The van der Waals surface area contributed by atoms with Gasteiger partial charge in [-0.3, -0.25) is 9.59 Å². The predicted octanol–water partition coefficient (Wildman–Crippen LogP) is 2.55. The summed E-state index contributed by atoms with van der Waals surface area (Å²) >= 11 is 0. The number of rotatable bonds is 9. The highest BCUT2D eigenvalue weighted by Gasteiger charge is 2.26. The van der Waals surface area contributed by atoms with Gasteiger partial charge in [0.15, 0.2) is 6.61 Å². The van der Waals surface area contributed by atoms with Crippen LogP contribution in [-0.4, -0.2) is 50.6 Å². The molecular weight excluding hydrogens is 372 g/mol. The number of ether oxygens (including phenoxy) is 3. The first kappa shape index (κ1) is 22.1. The van der Waals surface area contributed by atoms with Crippen molar-refractivity contribution < 1.29 is 23.8 Å². The lowest BCUT2D eigenvalue weighted by atomic mass is 10.1. The molecule has 0 aliphatic carbocycles. The molecule has 0 saturated heterocycles. The fourth-order valence-electron chi connectivity index (χ4n) is 2.89. The van der Waals surface area contributed by atoms with Crippen LogP contribution in [0, 0.1) is 6.92 Å². The lowest BCUT2D eigenvalue weighted by Gasteiger charge is -2.28. The van der Waals surface area contributed by atoms with E-state index < -0.39 is 6.04 Å². The Morgan fingerprint density at radius 3 is 2.21 bits per heavy atom. The van der Waals surface area contributed by atoms with E-state index in [-0.39, 0.29) is 18.4 Å². The van der Waals surface area contributed by atoms with Gasteiger partial charge in [0.05, 0.1) is 14.2 Å². The summed E-state index contributed by atoms with van der Waals surface area (Å²) in [5.74, 6) is 1.01. The lowest BCUT2D eigenvalue weighted by molar-refractivity contribution is -0.142. The average molecular weight is 400 g/mol. The van der Waals surface area contributed by atoms with Crippen molar-refractivity contribution in [3.05, 3.63) is 53.6 Å². The second kappa shape index (κ2) is 10.4. The maximum Gasteiger partial charge on any atom is 0.261 e. The van der Waals surface area contributed by atoms with E-state index in [9.17, 15) is 9.59 Å². The molecule has 156 valence electrons.